The molecule has 2 heterocycles. The fourth-order valence-electron chi connectivity index (χ4n) is 4.72. The number of nitrogens with zero attached hydrogens (tertiary/aromatic N) is 3. The summed E-state index contributed by atoms with van der Waals surface area (Å²) in [5, 5.41) is 0. The van der Waals surface area contributed by atoms with Crippen LogP contribution in [0, 0.1) is 11.6 Å². The van der Waals surface area contributed by atoms with Crippen molar-refractivity contribution in [1.29, 1.82) is 0 Å². The summed E-state index contributed by atoms with van der Waals surface area (Å²) in [6.07, 6.45) is 1.41. The number of piperidine rings is 1. The molecule has 3 aromatic carbocycles. The van der Waals surface area contributed by atoms with E-state index in [9.17, 15) is 13.6 Å². The van der Waals surface area contributed by atoms with E-state index in [2.05, 4.69) is 4.57 Å². The number of hydrogen-bond acceptors (Lipinski definition) is 4. The van der Waals surface area contributed by atoms with Crippen molar-refractivity contribution in [3.05, 3.63) is 77.9 Å². The zero-order chi connectivity index (χ0) is 24.5. The van der Waals surface area contributed by atoms with Crippen LogP contribution in [-0.2, 0) is 0 Å². The van der Waals surface area contributed by atoms with Gasteiger partial charge in [0.25, 0.3) is 5.91 Å². The molecule has 0 aliphatic carbocycles. The number of ether oxygens (including phenoxy) is 2. The van der Waals surface area contributed by atoms with Gasteiger partial charge < -0.3 is 18.9 Å². The highest BCUT2D eigenvalue weighted by molar-refractivity contribution is 5.94. The maximum absolute atomic E-state index is 14.0. The molecule has 0 radical (unpaired) electrons. The zero-order valence-electron chi connectivity index (χ0n) is 19.5. The molecule has 1 aromatic heterocycles. The number of methoxy groups -OCH3 is 2. The van der Waals surface area contributed by atoms with Gasteiger partial charge in [-0.2, -0.15) is 0 Å². The van der Waals surface area contributed by atoms with Crippen LogP contribution in [0.25, 0.3) is 22.4 Å². The minimum Gasteiger partial charge on any atom is -0.493 e. The molecule has 5 rings (SSSR count). The van der Waals surface area contributed by atoms with E-state index in [4.69, 9.17) is 14.5 Å². The van der Waals surface area contributed by atoms with E-state index in [1.165, 1.54) is 36.4 Å². The molecule has 35 heavy (non-hydrogen) atoms. The number of hydrogen-bond donors (Lipinski definition) is 0. The molecule has 6 nitrogen and oxygen atoms in total. The van der Waals surface area contributed by atoms with Crippen LogP contribution >= 0.6 is 0 Å². The fraction of sp³-hybridized carbons (Fsp3) is 0.259. The molecule has 0 unspecified atom stereocenters. The minimum absolute atomic E-state index is 0.0609. The topological polar surface area (TPSA) is 56.6 Å². The average Bonchev–Trinajstić information content (AvgIpc) is 3.27. The number of likely N-dealkylation sites (tertiary alicyclic amines) is 1. The molecule has 0 atom stereocenters. The lowest BCUT2D eigenvalue weighted by molar-refractivity contribution is 0.0696. The third-order valence-corrected chi connectivity index (χ3v) is 6.50. The summed E-state index contributed by atoms with van der Waals surface area (Å²) in [6, 6.07) is 15.9. The second-order valence-corrected chi connectivity index (χ2v) is 8.54. The van der Waals surface area contributed by atoms with Crippen molar-refractivity contribution in [3.8, 4) is 22.9 Å². The van der Waals surface area contributed by atoms with Crippen molar-refractivity contribution < 1.29 is 23.0 Å². The zero-order valence-corrected chi connectivity index (χ0v) is 19.5. The van der Waals surface area contributed by atoms with Gasteiger partial charge in [-0.15, -0.1) is 0 Å². The van der Waals surface area contributed by atoms with E-state index in [-0.39, 0.29) is 23.6 Å². The van der Waals surface area contributed by atoms with Gasteiger partial charge in [-0.05, 0) is 67.4 Å². The molecular formula is C27H25F2N3O3. The molecule has 1 saturated heterocycles. The van der Waals surface area contributed by atoms with Crippen molar-refractivity contribution in [2.24, 2.45) is 0 Å². The van der Waals surface area contributed by atoms with Crippen molar-refractivity contribution >= 4 is 16.9 Å². The Balaban J connectivity index is 1.47. The molecule has 0 saturated carbocycles. The molecule has 1 aliphatic heterocycles. The van der Waals surface area contributed by atoms with Crippen molar-refractivity contribution in [2.75, 3.05) is 27.3 Å². The van der Waals surface area contributed by atoms with Gasteiger partial charge in [-0.3, -0.25) is 4.79 Å². The average molecular weight is 478 g/mol. The summed E-state index contributed by atoms with van der Waals surface area (Å²) >= 11 is 0. The van der Waals surface area contributed by atoms with E-state index >= 15 is 0 Å². The first-order valence-electron chi connectivity index (χ1n) is 11.4. The van der Waals surface area contributed by atoms with Crippen LogP contribution < -0.4 is 9.47 Å². The van der Waals surface area contributed by atoms with Crippen LogP contribution in [0.4, 0.5) is 8.78 Å². The van der Waals surface area contributed by atoms with E-state index in [1.54, 1.807) is 25.2 Å². The largest absolute Gasteiger partial charge is 0.493 e. The third-order valence-electron chi connectivity index (χ3n) is 6.50. The summed E-state index contributed by atoms with van der Waals surface area (Å²) in [4.78, 5) is 19.5. The molecule has 0 N–H and O–H groups in total. The SMILES string of the molecule is COc1ccc(-c2nc3cc(F)ccc3n2C2CCN(C(=O)c3ccc(F)cc3)CC2)cc1OC. The second kappa shape index (κ2) is 9.37. The Hall–Kier alpha value is -3.94. The first kappa shape index (κ1) is 22.8. The smallest absolute Gasteiger partial charge is 0.253 e. The van der Waals surface area contributed by atoms with Crippen LogP contribution in [-0.4, -0.2) is 47.7 Å². The molecule has 1 amide bonds. The Morgan fingerprint density at radius 2 is 1.57 bits per heavy atom. The van der Waals surface area contributed by atoms with Crippen LogP contribution in [0.15, 0.2) is 60.7 Å². The van der Waals surface area contributed by atoms with Crippen LogP contribution in [0.3, 0.4) is 0 Å². The van der Waals surface area contributed by atoms with E-state index in [0.717, 1.165) is 11.1 Å². The normalized spacial score (nSPS) is 14.3. The van der Waals surface area contributed by atoms with Crippen molar-refractivity contribution in [2.45, 2.75) is 18.9 Å². The van der Waals surface area contributed by atoms with Crippen LogP contribution in [0.2, 0.25) is 0 Å². The Kier molecular flexibility index (Phi) is 6.11. The molecule has 1 fully saturated rings. The lowest BCUT2D eigenvalue weighted by Gasteiger charge is -2.33. The molecule has 1 aliphatic rings. The second-order valence-electron chi connectivity index (χ2n) is 8.54. The summed E-state index contributed by atoms with van der Waals surface area (Å²) in [5.41, 5.74) is 2.70. The quantitative estimate of drug-likeness (QED) is 0.382. The fourth-order valence-corrected chi connectivity index (χ4v) is 4.72. The van der Waals surface area contributed by atoms with Crippen molar-refractivity contribution in [3.63, 3.8) is 0 Å². The number of amides is 1. The van der Waals surface area contributed by atoms with Crippen LogP contribution in [0.5, 0.6) is 11.5 Å². The van der Waals surface area contributed by atoms with Gasteiger partial charge in [-0.25, -0.2) is 13.8 Å². The number of benzene rings is 3. The highest BCUT2D eigenvalue weighted by Crippen LogP contribution is 2.37. The maximum atomic E-state index is 14.0. The molecule has 180 valence electrons. The summed E-state index contributed by atoms with van der Waals surface area (Å²) in [5.74, 6) is 1.06. The Bertz CT molecular complexity index is 1380. The Morgan fingerprint density at radius 3 is 2.26 bits per heavy atom. The minimum atomic E-state index is -0.369. The number of fused-ring (bicyclic) bond motifs is 1. The van der Waals surface area contributed by atoms with Gasteiger partial charge in [0.05, 0.1) is 25.3 Å². The van der Waals surface area contributed by atoms with E-state index in [0.29, 0.717) is 54.3 Å². The summed E-state index contributed by atoms with van der Waals surface area (Å²) in [6.45, 7) is 1.10. The predicted molar refractivity (Wildman–Crippen MR) is 129 cm³/mol. The van der Waals surface area contributed by atoms with Gasteiger partial charge in [0.2, 0.25) is 0 Å². The summed E-state index contributed by atoms with van der Waals surface area (Å²) < 4.78 is 40.2. The number of carbonyl (C=O) groups excluding carboxylic acids is 1. The Labute approximate surface area is 201 Å². The monoisotopic (exact) mass is 477 g/mol. The molecule has 8 heteroatoms. The number of rotatable bonds is 5. The molecule has 4 aromatic rings. The van der Waals surface area contributed by atoms with Gasteiger partial charge in [0.1, 0.15) is 17.5 Å². The number of carbonyl (C=O) groups is 1. The Morgan fingerprint density at radius 1 is 0.886 bits per heavy atom. The third kappa shape index (κ3) is 4.32. The van der Waals surface area contributed by atoms with E-state index < -0.39 is 0 Å². The lowest BCUT2D eigenvalue weighted by atomic mass is 10.0. The first-order chi connectivity index (χ1) is 17.0. The summed E-state index contributed by atoms with van der Waals surface area (Å²) in [7, 11) is 3.16. The maximum Gasteiger partial charge on any atom is 0.253 e. The van der Waals surface area contributed by atoms with Gasteiger partial charge >= 0.3 is 0 Å². The highest BCUT2D eigenvalue weighted by Gasteiger charge is 2.28. The van der Waals surface area contributed by atoms with Crippen molar-refractivity contribution in [1.82, 2.24) is 14.5 Å². The van der Waals surface area contributed by atoms with Gasteiger partial charge in [-0.1, -0.05) is 0 Å². The molecular weight excluding hydrogens is 452 g/mol. The number of halogens is 2. The first-order valence-corrected chi connectivity index (χ1v) is 11.4. The predicted octanol–water partition coefficient (Wildman–Crippen LogP) is 5.48. The highest BCUT2D eigenvalue weighted by atomic mass is 19.1. The van der Waals surface area contributed by atoms with E-state index in [1.807, 2.05) is 18.2 Å². The molecule has 0 bridgehead atoms. The lowest BCUT2D eigenvalue weighted by Crippen LogP contribution is -2.39. The van der Waals surface area contributed by atoms with Gasteiger partial charge in [0, 0.05) is 36.3 Å². The van der Waals surface area contributed by atoms with Gasteiger partial charge in [0.15, 0.2) is 11.5 Å². The standard InChI is InChI=1S/C27H25F2N3O3/c1-34-24-10-5-18(15-25(24)35-2)26-30-22-16-20(29)8-9-23(22)32(26)21-11-13-31(14-12-21)27(33)17-3-6-19(28)7-4-17/h3-10,15-16,21H,11-14H2,1-2H3. The van der Waals surface area contributed by atoms with Crippen LogP contribution in [0.1, 0.15) is 29.2 Å². The number of aromatic nitrogens is 2. The molecule has 0 spiro atoms. The number of imidazole rings is 1.